The van der Waals surface area contributed by atoms with Gasteiger partial charge < -0.3 is 10.1 Å². The highest BCUT2D eigenvalue weighted by molar-refractivity contribution is 6.30. The van der Waals surface area contributed by atoms with Crippen LogP contribution in [-0.4, -0.2) is 78.2 Å². The molecule has 3 atom stereocenters. The van der Waals surface area contributed by atoms with Gasteiger partial charge in [-0.15, -0.1) is 0 Å². The largest absolute Gasteiger partial charge is 0.492 e. The molecule has 1 N–H and O–H groups in total. The fourth-order valence-corrected chi connectivity index (χ4v) is 5.38. The van der Waals surface area contributed by atoms with Crippen molar-refractivity contribution >= 4 is 23.5 Å². The maximum absolute atomic E-state index is 13.3. The Hall–Kier alpha value is -1.83. The Labute approximate surface area is 189 Å². The summed E-state index contributed by atoms with van der Waals surface area (Å²) in [6.45, 7) is 9.49. The maximum Gasteiger partial charge on any atom is 0.326 e. The molecule has 1 saturated carbocycles. The maximum atomic E-state index is 13.3. The van der Waals surface area contributed by atoms with E-state index < -0.39 is 5.54 Å². The second kappa shape index (κ2) is 9.35. The molecule has 3 amide bonds. The Morgan fingerprint density at radius 3 is 2.29 bits per heavy atom. The van der Waals surface area contributed by atoms with Crippen LogP contribution in [0.1, 0.15) is 33.1 Å². The van der Waals surface area contributed by atoms with Gasteiger partial charge in [0.25, 0.3) is 5.91 Å². The summed E-state index contributed by atoms with van der Waals surface area (Å²) in [6, 6.07) is 7.16. The van der Waals surface area contributed by atoms with Gasteiger partial charge >= 0.3 is 6.03 Å². The van der Waals surface area contributed by atoms with Crippen LogP contribution in [0.2, 0.25) is 5.02 Å². The standard InChI is InChI=1S/C23H33ClN4O3/c1-17-4-3-5-18(2)23(17)21(29)28(22(30)25-23)16-27-12-10-26(11-13-27)14-15-31-20-8-6-19(24)7-9-20/h6-9,17-18H,3-5,10-16H2,1-2H3,(H,25,30)/t17-,18+,23?. The summed E-state index contributed by atoms with van der Waals surface area (Å²) < 4.78 is 5.79. The molecule has 0 radical (unpaired) electrons. The number of carbonyl (C=O) groups is 2. The van der Waals surface area contributed by atoms with Gasteiger partial charge in [-0.25, -0.2) is 9.69 Å². The first-order valence-electron chi connectivity index (χ1n) is 11.4. The third-order valence-corrected chi connectivity index (χ3v) is 7.54. The quantitative estimate of drug-likeness (QED) is 0.677. The summed E-state index contributed by atoms with van der Waals surface area (Å²) in [6.07, 6.45) is 3.10. The van der Waals surface area contributed by atoms with Crippen molar-refractivity contribution in [2.75, 3.05) is 46.0 Å². The molecule has 0 bridgehead atoms. The van der Waals surface area contributed by atoms with Crippen LogP contribution in [0.25, 0.3) is 0 Å². The molecule has 1 spiro atoms. The van der Waals surface area contributed by atoms with Gasteiger partial charge in [0.2, 0.25) is 0 Å². The Balaban J connectivity index is 1.24. The summed E-state index contributed by atoms with van der Waals surface area (Å²) in [5.74, 6) is 1.14. The molecule has 3 aliphatic rings. The lowest BCUT2D eigenvalue weighted by Gasteiger charge is -2.42. The second-order valence-electron chi connectivity index (χ2n) is 9.17. The average molecular weight is 449 g/mol. The molecule has 7 nitrogen and oxygen atoms in total. The van der Waals surface area contributed by atoms with Crippen molar-refractivity contribution in [3.63, 3.8) is 0 Å². The van der Waals surface area contributed by atoms with Crippen molar-refractivity contribution < 1.29 is 14.3 Å². The van der Waals surface area contributed by atoms with Crippen molar-refractivity contribution in [3.05, 3.63) is 29.3 Å². The number of hydrogen-bond donors (Lipinski definition) is 1. The first-order chi connectivity index (χ1) is 14.9. The van der Waals surface area contributed by atoms with E-state index in [4.69, 9.17) is 16.3 Å². The van der Waals surface area contributed by atoms with E-state index in [0.717, 1.165) is 57.7 Å². The second-order valence-corrected chi connectivity index (χ2v) is 9.61. The minimum Gasteiger partial charge on any atom is -0.492 e. The number of rotatable bonds is 6. The number of benzene rings is 1. The van der Waals surface area contributed by atoms with E-state index in [2.05, 4.69) is 29.0 Å². The monoisotopic (exact) mass is 448 g/mol. The molecule has 1 aromatic rings. The number of urea groups is 1. The molecule has 1 unspecified atom stereocenters. The highest BCUT2D eigenvalue weighted by atomic mass is 35.5. The van der Waals surface area contributed by atoms with Crippen LogP contribution in [0, 0.1) is 11.8 Å². The molecule has 2 saturated heterocycles. The molecule has 3 fully saturated rings. The predicted octanol–water partition coefficient (Wildman–Crippen LogP) is 3.04. The lowest BCUT2D eigenvalue weighted by atomic mass is 9.67. The number of halogens is 1. The van der Waals surface area contributed by atoms with E-state index >= 15 is 0 Å². The molecule has 1 aliphatic carbocycles. The minimum absolute atomic E-state index is 0.0315. The van der Waals surface area contributed by atoms with E-state index in [0.29, 0.717) is 18.3 Å². The number of imide groups is 1. The van der Waals surface area contributed by atoms with Crippen molar-refractivity contribution in [1.29, 1.82) is 0 Å². The van der Waals surface area contributed by atoms with Crippen molar-refractivity contribution in [2.45, 2.75) is 38.6 Å². The van der Waals surface area contributed by atoms with Gasteiger partial charge in [0.05, 0.1) is 6.67 Å². The minimum atomic E-state index is -0.712. The van der Waals surface area contributed by atoms with Crippen LogP contribution in [-0.2, 0) is 4.79 Å². The van der Waals surface area contributed by atoms with Crippen LogP contribution in [0.15, 0.2) is 24.3 Å². The molecule has 4 rings (SSSR count). The highest BCUT2D eigenvalue weighted by Gasteiger charge is 2.58. The van der Waals surface area contributed by atoms with Crippen molar-refractivity contribution in [1.82, 2.24) is 20.0 Å². The van der Waals surface area contributed by atoms with Gasteiger partial charge in [-0.3, -0.25) is 14.6 Å². The normalized spacial score (nSPS) is 30.1. The number of nitrogens with zero attached hydrogens (tertiary/aromatic N) is 3. The molecule has 31 heavy (non-hydrogen) atoms. The number of nitrogens with one attached hydrogen (secondary N) is 1. The summed E-state index contributed by atoms with van der Waals surface area (Å²) in [4.78, 5) is 32.0. The smallest absolute Gasteiger partial charge is 0.326 e. The molecular weight excluding hydrogens is 416 g/mol. The van der Waals surface area contributed by atoms with Gasteiger partial charge in [0, 0.05) is 37.7 Å². The van der Waals surface area contributed by atoms with Crippen molar-refractivity contribution in [2.24, 2.45) is 11.8 Å². The third kappa shape index (κ3) is 4.54. The predicted molar refractivity (Wildman–Crippen MR) is 120 cm³/mol. The Kier molecular flexibility index (Phi) is 6.74. The fourth-order valence-electron chi connectivity index (χ4n) is 5.26. The van der Waals surface area contributed by atoms with Gasteiger partial charge in [0.15, 0.2) is 0 Å². The van der Waals surface area contributed by atoms with Gasteiger partial charge in [-0.05, 0) is 48.9 Å². The van der Waals surface area contributed by atoms with Crippen LogP contribution < -0.4 is 10.1 Å². The first-order valence-corrected chi connectivity index (χ1v) is 11.7. The van der Waals surface area contributed by atoms with E-state index in [1.807, 2.05) is 24.3 Å². The zero-order chi connectivity index (χ0) is 22.0. The van der Waals surface area contributed by atoms with Gasteiger partial charge in [0.1, 0.15) is 17.9 Å². The van der Waals surface area contributed by atoms with Crippen LogP contribution in [0.5, 0.6) is 5.75 Å². The molecule has 2 aliphatic heterocycles. The SMILES string of the molecule is C[C@@H]1CCC[C@H](C)C12NC(=O)N(CN1CCN(CCOc3ccc(Cl)cc3)CC1)C2=O. The molecular formula is C23H33ClN4O3. The van der Waals surface area contributed by atoms with E-state index in [1.54, 1.807) is 0 Å². The fraction of sp³-hybridized carbons (Fsp3) is 0.652. The molecule has 8 heteroatoms. The number of ether oxygens (including phenoxy) is 1. The Bertz CT molecular complexity index is 785. The number of hydrogen-bond acceptors (Lipinski definition) is 5. The van der Waals surface area contributed by atoms with E-state index in [-0.39, 0.29) is 23.8 Å². The van der Waals surface area contributed by atoms with E-state index in [1.165, 1.54) is 4.90 Å². The summed E-state index contributed by atoms with van der Waals surface area (Å²) in [5.41, 5.74) is -0.712. The molecule has 170 valence electrons. The first kappa shape index (κ1) is 22.4. The summed E-state index contributed by atoms with van der Waals surface area (Å²) in [5, 5.41) is 3.79. The summed E-state index contributed by atoms with van der Waals surface area (Å²) >= 11 is 5.90. The van der Waals surface area contributed by atoms with Crippen LogP contribution in [0.3, 0.4) is 0 Å². The topological polar surface area (TPSA) is 65.1 Å². The van der Waals surface area contributed by atoms with Gasteiger partial charge in [-0.1, -0.05) is 31.9 Å². The number of carbonyl (C=O) groups excluding carboxylic acids is 2. The number of amides is 3. The Morgan fingerprint density at radius 1 is 1.03 bits per heavy atom. The zero-order valence-electron chi connectivity index (χ0n) is 18.5. The van der Waals surface area contributed by atoms with Crippen molar-refractivity contribution in [3.8, 4) is 5.75 Å². The molecule has 1 aromatic carbocycles. The summed E-state index contributed by atoms with van der Waals surface area (Å²) in [7, 11) is 0. The Morgan fingerprint density at radius 2 is 1.65 bits per heavy atom. The third-order valence-electron chi connectivity index (χ3n) is 7.28. The van der Waals surface area contributed by atoms with Gasteiger partial charge in [-0.2, -0.15) is 0 Å². The zero-order valence-corrected chi connectivity index (χ0v) is 19.2. The van der Waals surface area contributed by atoms with E-state index in [9.17, 15) is 9.59 Å². The number of piperazine rings is 1. The van der Waals surface area contributed by atoms with Crippen LogP contribution in [0.4, 0.5) is 4.79 Å². The molecule has 0 aromatic heterocycles. The molecule has 2 heterocycles. The highest BCUT2D eigenvalue weighted by Crippen LogP contribution is 2.42. The lowest BCUT2D eigenvalue weighted by molar-refractivity contribution is -0.138. The average Bonchev–Trinajstić information content (AvgIpc) is 3.00. The lowest BCUT2D eigenvalue weighted by Crippen LogP contribution is -2.59. The van der Waals surface area contributed by atoms with Crippen LogP contribution >= 0.6 is 11.6 Å².